The summed E-state index contributed by atoms with van der Waals surface area (Å²) in [5.41, 5.74) is 1.85. The smallest absolute Gasteiger partial charge is 0.183 e. The van der Waals surface area contributed by atoms with Gasteiger partial charge in [-0.15, -0.1) is 11.3 Å². The highest BCUT2D eigenvalue weighted by atomic mass is 35.5. The standard InChI is InChI=1S/C14H16Cl3N3S/c1-8(2)5-18-12-3-10(15)11(16)4-13(12)19-6-9-7-20-14(17)21-9/h3-4,7-8,18-19H,5-6H2,1-2H3. The van der Waals surface area contributed by atoms with Crippen molar-refractivity contribution in [2.45, 2.75) is 20.4 Å². The largest absolute Gasteiger partial charge is 0.383 e. The number of aromatic nitrogens is 1. The molecule has 0 radical (unpaired) electrons. The quantitative estimate of drug-likeness (QED) is 0.682. The Morgan fingerprint density at radius 2 is 1.71 bits per heavy atom. The summed E-state index contributed by atoms with van der Waals surface area (Å²) in [6.07, 6.45) is 1.76. The predicted molar refractivity (Wildman–Crippen MR) is 94.2 cm³/mol. The van der Waals surface area contributed by atoms with Gasteiger partial charge in [-0.25, -0.2) is 4.98 Å². The average molecular weight is 365 g/mol. The molecule has 0 bridgehead atoms. The Bertz CT molecular complexity index is 614. The first-order valence-electron chi connectivity index (χ1n) is 6.52. The Morgan fingerprint density at radius 3 is 2.24 bits per heavy atom. The summed E-state index contributed by atoms with van der Waals surface area (Å²) in [5.74, 6) is 0.535. The number of hydrogen-bond acceptors (Lipinski definition) is 4. The molecule has 0 unspecified atom stereocenters. The molecule has 7 heteroatoms. The van der Waals surface area contributed by atoms with Crippen LogP contribution in [-0.4, -0.2) is 11.5 Å². The van der Waals surface area contributed by atoms with Crippen molar-refractivity contribution in [1.82, 2.24) is 4.98 Å². The fraction of sp³-hybridized carbons (Fsp3) is 0.357. The molecule has 114 valence electrons. The van der Waals surface area contributed by atoms with Gasteiger partial charge < -0.3 is 10.6 Å². The first kappa shape index (κ1) is 16.7. The minimum Gasteiger partial charge on any atom is -0.383 e. The number of thiazole rings is 1. The first-order chi connectivity index (χ1) is 9.95. The molecule has 2 rings (SSSR count). The molecule has 0 amide bonds. The number of anilines is 2. The van der Waals surface area contributed by atoms with Crippen LogP contribution in [0.4, 0.5) is 11.4 Å². The third kappa shape index (κ3) is 4.92. The minimum atomic E-state index is 0.525. The summed E-state index contributed by atoms with van der Waals surface area (Å²) in [7, 11) is 0. The third-order valence-electron chi connectivity index (χ3n) is 2.74. The van der Waals surface area contributed by atoms with Crippen molar-refractivity contribution in [3.8, 4) is 0 Å². The molecule has 0 saturated carbocycles. The second kappa shape index (κ2) is 7.54. The van der Waals surface area contributed by atoms with Gasteiger partial charge in [-0.05, 0) is 18.1 Å². The molecule has 1 aromatic heterocycles. The number of nitrogens with zero attached hydrogens (tertiary/aromatic N) is 1. The fourth-order valence-corrected chi connectivity index (χ4v) is 2.95. The van der Waals surface area contributed by atoms with E-state index in [4.69, 9.17) is 34.8 Å². The van der Waals surface area contributed by atoms with Crippen molar-refractivity contribution in [3.63, 3.8) is 0 Å². The van der Waals surface area contributed by atoms with Crippen molar-refractivity contribution >= 4 is 57.5 Å². The van der Waals surface area contributed by atoms with Crippen LogP contribution in [0, 0.1) is 5.92 Å². The highest BCUT2D eigenvalue weighted by Gasteiger charge is 2.09. The van der Waals surface area contributed by atoms with E-state index in [1.54, 1.807) is 6.20 Å². The summed E-state index contributed by atoms with van der Waals surface area (Å²) in [6.45, 7) is 5.80. The fourth-order valence-electron chi connectivity index (χ4n) is 1.70. The monoisotopic (exact) mass is 363 g/mol. The maximum absolute atomic E-state index is 6.10. The van der Waals surface area contributed by atoms with Crippen LogP contribution in [0.25, 0.3) is 0 Å². The lowest BCUT2D eigenvalue weighted by atomic mass is 10.2. The number of nitrogens with one attached hydrogen (secondary N) is 2. The van der Waals surface area contributed by atoms with Gasteiger partial charge in [-0.3, -0.25) is 0 Å². The lowest BCUT2D eigenvalue weighted by Crippen LogP contribution is -2.10. The van der Waals surface area contributed by atoms with Gasteiger partial charge in [0.1, 0.15) is 0 Å². The first-order valence-corrected chi connectivity index (χ1v) is 8.47. The van der Waals surface area contributed by atoms with E-state index in [1.807, 2.05) is 12.1 Å². The average Bonchev–Trinajstić information content (AvgIpc) is 2.83. The number of rotatable bonds is 6. The SMILES string of the molecule is CC(C)CNc1cc(Cl)c(Cl)cc1NCc1cnc(Cl)s1. The third-order valence-corrected chi connectivity index (χ3v) is 4.58. The molecule has 0 atom stereocenters. The Labute approximate surface area is 143 Å². The van der Waals surface area contributed by atoms with Gasteiger partial charge in [0.15, 0.2) is 4.47 Å². The number of hydrogen-bond donors (Lipinski definition) is 2. The minimum absolute atomic E-state index is 0.525. The van der Waals surface area contributed by atoms with Gasteiger partial charge in [0.05, 0.1) is 28.0 Å². The predicted octanol–water partition coefficient (Wildman–Crippen LogP) is 5.78. The van der Waals surface area contributed by atoms with Gasteiger partial charge in [0.25, 0.3) is 0 Å². The second-order valence-corrected chi connectivity index (χ2v) is 7.53. The van der Waals surface area contributed by atoms with Crippen LogP contribution in [0.3, 0.4) is 0 Å². The number of benzene rings is 1. The molecule has 2 aromatic rings. The highest BCUT2D eigenvalue weighted by Crippen LogP contribution is 2.33. The van der Waals surface area contributed by atoms with E-state index in [9.17, 15) is 0 Å². The summed E-state index contributed by atoms with van der Waals surface area (Å²) in [4.78, 5) is 5.08. The molecule has 0 aliphatic rings. The molecule has 2 N–H and O–H groups in total. The molecule has 1 heterocycles. The van der Waals surface area contributed by atoms with Crippen LogP contribution in [0.2, 0.25) is 14.5 Å². The normalized spacial score (nSPS) is 11.0. The van der Waals surface area contributed by atoms with Crippen LogP contribution < -0.4 is 10.6 Å². The molecule has 1 aromatic carbocycles. The Balaban J connectivity index is 2.13. The molecular weight excluding hydrogens is 349 g/mol. The van der Waals surface area contributed by atoms with Crippen molar-refractivity contribution in [1.29, 1.82) is 0 Å². The van der Waals surface area contributed by atoms with Gasteiger partial charge in [0.2, 0.25) is 0 Å². The van der Waals surface area contributed by atoms with Crippen LogP contribution in [0.1, 0.15) is 18.7 Å². The topological polar surface area (TPSA) is 37.0 Å². The van der Waals surface area contributed by atoms with E-state index in [-0.39, 0.29) is 0 Å². The van der Waals surface area contributed by atoms with Crippen molar-refractivity contribution in [2.24, 2.45) is 5.92 Å². The second-order valence-electron chi connectivity index (χ2n) is 5.02. The van der Waals surface area contributed by atoms with E-state index in [1.165, 1.54) is 11.3 Å². The van der Waals surface area contributed by atoms with Gasteiger partial charge >= 0.3 is 0 Å². The maximum Gasteiger partial charge on any atom is 0.183 e. The molecule has 3 nitrogen and oxygen atoms in total. The van der Waals surface area contributed by atoms with Gasteiger partial charge in [-0.1, -0.05) is 48.7 Å². The van der Waals surface area contributed by atoms with Crippen molar-refractivity contribution < 1.29 is 0 Å². The zero-order chi connectivity index (χ0) is 15.4. The van der Waals surface area contributed by atoms with Crippen LogP contribution in [0.5, 0.6) is 0 Å². The van der Waals surface area contributed by atoms with E-state index >= 15 is 0 Å². The lowest BCUT2D eigenvalue weighted by molar-refractivity contribution is 0.689. The molecule has 0 aliphatic heterocycles. The van der Waals surface area contributed by atoms with Crippen LogP contribution in [-0.2, 0) is 6.54 Å². The maximum atomic E-state index is 6.10. The Morgan fingerprint density at radius 1 is 1.10 bits per heavy atom. The van der Waals surface area contributed by atoms with E-state index in [2.05, 4.69) is 29.5 Å². The molecule has 0 aliphatic carbocycles. The molecule has 0 fully saturated rings. The Kier molecular flexibility index (Phi) is 5.99. The van der Waals surface area contributed by atoms with E-state index in [0.29, 0.717) is 27.0 Å². The summed E-state index contributed by atoms with van der Waals surface area (Å²) >= 11 is 19.5. The van der Waals surface area contributed by atoms with E-state index < -0.39 is 0 Å². The lowest BCUT2D eigenvalue weighted by Gasteiger charge is -2.16. The molecular formula is C14H16Cl3N3S. The van der Waals surface area contributed by atoms with Crippen molar-refractivity contribution in [2.75, 3.05) is 17.2 Å². The summed E-state index contributed by atoms with van der Waals surface area (Å²) < 4.78 is 0.541. The number of halogens is 3. The molecule has 0 spiro atoms. The highest BCUT2D eigenvalue weighted by molar-refractivity contribution is 7.15. The van der Waals surface area contributed by atoms with Gasteiger partial charge in [-0.2, -0.15) is 0 Å². The summed E-state index contributed by atoms with van der Waals surface area (Å²) in [5, 5.41) is 7.78. The van der Waals surface area contributed by atoms with Crippen LogP contribution in [0.15, 0.2) is 18.3 Å². The molecule has 0 saturated heterocycles. The van der Waals surface area contributed by atoms with Gasteiger partial charge in [0, 0.05) is 17.6 Å². The zero-order valence-electron chi connectivity index (χ0n) is 11.7. The van der Waals surface area contributed by atoms with Crippen molar-refractivity contribution in [3.05, 3.63) is 37.7 Å². The van der Waals surface area contributed by atoms with Crippen LogP contribution >= 0.6 is 46.1 Å². The molecule has 21 heavy (non-hydrogen) atoms. The van der Waals surface area contributed by atoms with E-state index in [0.717, 1.165) is 22.8 Å². The zero-order valence-corrected chi connectivity index (χ0v) is 14.8. The Hall–Kier alpha value is -0.680. The summed E-state index contributed by atoms with van der Waals surface area (Å²) in [6, 6.07) is 3.67.